The zero-order valence-corrected chi connectivity index (χ0v) is 16.8. The molecule has 2 atom stereocenters. The third-order valence-electron chi connectivity index (χ3n) is 4.75. The molecule has 4 nitrogen and oxygen atoms in total. The van der Waals surface area contributed by atoms with E-state index in [9.17, 15) is 4.79 Å². The van der Waals surface area contributed by atoms with E-state index in [1.54, 1.807) is 0 Å². The fourth-order valence-electron chi connectivity index (χ4n) is 2.67. The summed E-state index contributed by atoms with van der Waals surface area (Å²) < 4.78 is 17.1. The van der Waals surface area contributed by atoms with Gasteiger partial charge in [0.25, 0.3) is 0 Å². The van der Waals surface area contributed by atoms with Gasteiger partial charge in [0.05, 0.1) is 24.4 Å². The highest BCUT2D eigenvalue weighted by molar-refractivity contribution is 5.86. The van der Waals surface area contributed by atoms with Crippen molar-refractivity contribution in [1.29, 1.82) is 0 Å². The van der Waals surface area contributed by atoms with Crippen LogP contribution >= 0.6 is 0 Å². The van der Waals surface area contributed by atoms with Crippen LogP contribution in [0.1, 0.15) is 80.6 Å². The summed E-state index contributed by atoms with van der Waals surface area (Å²) in [7, 11) is 0. The van der Waals surface area contributed by atoms with Crippen molar-refractivity contribution in [3.8, 4) is 0 Å². The van der Waals surface area contributed by atoms with Gasteiger partial charge < -0.3 is 14.2 Å². The molecule has 0 bridgehead atoms. The van der Waals surface area contributed by atoms with E-state index >= 15 is 0 Å². The Hall–Kier alpha value is -0.450. The summed E-state index contributed by atoms with van der Waals surface area (Å²) in [4.78, 5) is 12.4. The minimum absolute atomic E-state index is 0.0926. The van der Waals surface area contributed by atoms with E-state index in [2.05, 4.69) is 27.7 Å². The molecule has 24 heavy (non-hydrogen) atoms. The summed E-state index contributed by atoms with van der Waals surface area (Å²) in [6.45, 7) is 15.9. The largest absolute Gasteiger partial charge is 0.375 e. The van der Waals surface area contributed by atoms with Crippen molar-refractivity contribution in [2.75, 3.05) is 13.2 Å². The van der Waals surface area contributed by atoms with Gasteiger partial charge in [0.15, 0.2) is 5.78 Å². The number of rotatable bonds is 13. The van der Waals surface area contributed by atoms with Crippen LogP contribution < -0.4 is 0 Å². The van der Waals surface area contributed by atoms with E-state index in [4.69, 9.17) is 14.2 Å². The highest BCUT2D eigenvalue weighted by atomic mass is 16.6. The monoisotopic (exact) mass is 342 g/mol. The number of carbonyl (C=O) groups excluding carboxylic acids is 1. The summed E-state index contributed by atoms with van der Waals surface area (Å²) >= 11 is 0. The molecule has 1 fully saturated rings. The van der Waals surface area contributed by atoms with Crippen LogP contribution in [0.15, 0.2) is 0 Å². The van der Waals surface area contributed by atoms with E-state index in [-0.39, 0.29) is 17.5 Å². The molecular weight excluding hydrogens is 304 g/mol. The number of ketones is 1. The van der Waals surface area contributed by atoms with E-state index in [1.165, 1.54) is 0 Å². The van der Waals surface area contributed by atoms with Gasteiger partial charge in [-0.25, -0.2) is 0 Å². The zero-order chi connectivity index (χ0) is 18.4. The predicted octanol–water partition coefficient (Wildman–Crippen LogP) is 4.54. The van der Waals surface area contributed by atoms with Crippen LogP contribution in [-0.2, 0) is 19.0 Å². The molecule has 1 aliphatic heterocycles. The number of epoxide rings is 1. The van der Waals surface area contributed by atoms with Crippen molar-refractivity contribution in [1.82, 2.24) is 0 Å². The lowest BCUT2D eigenvalue weighted by atomic mass is 9.97. The molecular formula is C20H38O4. The lowest BCUT2D eigenvalue weighted by Crippen LogP contribution is -2.39. The van der Waals surface area contributed by atoms with Gasteiger partial charge in [-0.05, 0) is 53.4 Å². The van der Waals surface area contributed by atoms with Gasteiger partial charge in [-0.3, -0.25) is 4.79 Å². The maximum atomic E-state index is 12.4. The maximum absolute atomic E-state index is 12.4. The van der Waals surface area contributed by atoms with E-state index in [0.717, 1.165) is 38.9 Å². The molecule has 4 heteroatoms. The highest BCUT2D eigenvalue weighted by Gasteiger charge is 2.32. The van der Waals surface area contributed by atoms with Crippen LogP contribution in [0.3, 0.4) is 0 Å². The van der Waals surface area contributed by atoms with Crippen molar-refractivity contribution < 1.29 is 19.0 Å². The molecule has 0 N–H and O–H groups in total. The van der Waals surface area contributed by atoms with E-state index < -0.39 is 5.60 Å². The summed E-state index contributed by atoms with van der Waals surface area (Å²) in [5, 5.41) is 0. The van der Waals surface area contributed by atoms with Crippen molar-refractivity contribution >= 4 is 5.78 Å². The molecule has 0 aromatic heterocycles. The molecule has 1 aliphatic rings. The minimum atomic E-state index is -0.688. The first-order valence-electron chi connectivity index (χ1n) is 9.50. The van der Waals surface area contributed by atoms with Crippen molar-refractivity contribution in [3.63, 3.8) is 0 Å². The molecule has 0 saturated carbocycles. The number of unbranched alkanes of at least 4 members (excludes halogenated alkanes) is 2. The molecule has 0 aromatic rings. The highest BCUT2D eigenvalue weighted by Crippen LogP contribution is 2.25. The molecule has 142 valence electrons. The fraction of sp³-hybridized carbons (Fsp3) is 0.950. The lowest BCUT2D eigenvalue weighted by molar-refractivity contribution is -0.149. The van der Waals surface area contributed by atoms with Gasteiger partial charge in [-0.15, -0.1) is 0 Å². The van der Waals surface area contributed by atoms with Gasteiger partial charge in [-0.1, -0.05) is 20.3 Å². The molecule has 0 aliphatic carbocycles. The smallest absolute Gasteiger partial charge is 0.164 e. The van der Waals surface area contributed by atoms with Crippen LogP contribution in [0.2, 0.25) is 0 Å². The predicted molar refractivity (Wildman–Crippen MR) is 97.3 cm³/mol. The Kier molecular flexibility index (Phi) is 8.37. The Morgan fingerprint density at radius 1 is 1.12 bits per heavy atom. The first-order valence-corrected chi connectivity index (χ1v) is 9.50. The second-order valence-corrected chi connectivity index (χ2v) is 8.58. The summed E-state index contributed by atoms with van der Waals surface area (Å²) in [6.07, 6.45) is 4.94. The molecule has 0 radical (unpaired) electrons. The average molecular weight is 343 g/mol. The molecule has 1 saturated heterocycles. The Morgan fingerprint density at radius 2 is 1.75 bits per heavy atom. The Bertz CT molecular complexity index is 383. The van der Waals surface area contributed by atoms with Crippen molar-refractivity contribution in [3.05, 3.63) is 0 Å². The second-order valence-electron chi connectivity index (χ2n) is 8.58. The molecule has 0 spiro atoms. The second kappa shape index (κ2) is 9.30. The number of ether oxygens (including phenoxy) is 3. The third-order valence-corrected chi connectivity index (χ3v) is 4.75. The molecule has 0 amide bonds. The summed E-state index contributed by atoms with van der Waals surface area (Å²) in [5.74, 6) is 0.612. The topological polar surface area (TPSA) is 48.1 Å². The Labute approximate surface area is 148 Å². The Morgan fingerprint density at radius 3 is 2.29 bits per heavy atom. The number of carbonyl (C=O) groups is 1. The minimum Gasteiger partial charge on any atom is -0.375 e. The van der Waals surface area contributed by atoms with Crippen LogP contribution in [0.5, 0.6) is 0 Å². The maximum Gasteiger partial charge on any atom is 0.164 e. The lowest BCUT2D eigenvalue weighted by Gasteiger charge is -2.30. The van der Waals surface area contributed by atoms with E-state index in [0.29, 0.717) is 18.4 Å². The Balaban J connectivity index is 2.13. The first-order chi connectivity index (χ1) is 11.0. The van der Waals surface area contributed by atoms with Crippen LogP contribution in [0.4, 0.5) is 0 Å². The zero-order valence-electron chi connectivity index (χ0n) is 16.8. The fourth-order valence-corrected chi connectivity index (χ4v) is 2.67. The number of hydrogen-bond donors (Lipinski definition) is 0. The van der Waals surface area contributed by atoms with Crippen molar-refractivity contribution in [2.45, 2.75) is 104 Å². The first kappa shape index (κ1) is 21.6. The SMILES string of the molecule is CC(C)C(C)OC(C)(C)C(=O)CCCCCOC(C)(C)CC1CO1. The third kappa shape index (κ3) is 8.59. The summed E-state index contributed by atoms with van der Waals surface area (Å²) in [6, 6.07) is 0. The van der Waals surface area contributed by atoms with Crippen LogP contribution in [0.25, 0.3) is 0 Å². The molecule has 2 unspecified atom stereocenters. The van der Waals surface area contributed by atoms with Crippen LogP contribution in [-0.4, -0.2) is 42.4 Å². The number of hydrogen-bond acceptors (Lipinski definition) is 4. The average Bonchev–Trinajstić information content (AvgIpc) is 3.24. The molecule has 1 rings (SSSR count). The molecule has 0 aromatic carbocycles. The quantitative estimate of drug-likeness (QED) is 0.364. The van der Waals surface area contributed by atoms with Crippen molar-refractivity contribution in [2.24, 2.45) is 5.92 Å². The number of Topliss-reactive ketones (excluding diaryl/α,β-unsaturated/α-hetero) is 1. The summed E-state index contributed by atoms with van der Waals surface area (Å²) in [5.41, 5.74) is -0.799. The van der Waals surface area contributed by atoms with Gasteiger partial charge in [0.2, 0.25) is 0 Å². The molecule has 1 heterocycles. The standard InChI is InChI=1S/C20H38O4/c1-15(2)16(3)24-20(6,7)18(21)11-9-8-10-12-23-19(4,5)13-17-14-22-17/h15-17H,8-14H2,1-7H3. The van der Waals surface area contributed by atoms with Gasteiger partial charge in [0.1, 0.15) is 5.60 Å². The van der Waals surface area contributed by atoms with Gasteiger partial charge >= 0.3 is 0 Å². The van der Waals surface area contributed by atoms with Gasteiger partial charge in [-0.2, -0.15) is 0 Å². The van der Waals surface area contributed by atoms with Crippen LogP contribution in [0, 0.1) is 5.92 Å². The van der Waals surface area contributed by atoms with E-state index in [1.807, 2.05) is 20.8 Å². The normalized spacial score (nSPS) is 19.6. The van der Waals surface area contributed by atoms with Gasteiger partial charge in [0, 0.05) is 19.4 Å².